The molecule has 25 heavy (non-hydrogen) atoms. The molecule has 1 aromatic carbocycles. The molecule has 0 spiro atoms. The molecule has 1 saturated heterocycles. The van der Waals surface area contributed by atoms with E-state index in [9.17, 15) is 0 Å². The van der Waals surface area contributed by atoms with E-state index in [1.54, 1.807) is 7.11 Å². The van der Waals surface area contributed by atoms with Crippen LogP contribution in [0.25, 0.3) is 0 Å². The quantitative estimate of drug-likeness (QED) is 0.399. The first-order chi connectivity index (χ1) is 11.7. The predicted octanol–water partition coefficient (Wildman–Crippen LogP) is 1.96. The van der Waals surface area contributed by atoms with E-state index in [1.165, 1.54) is 5.69 Å². The van der Waals surface area contributed by atoms with Crippen LogP contribution in [0.3, 0.4) is 0 Å². The zero-order chi connectivity index (χ0) is 17.4. The van der Waals surface area contributed by atoms with Crippen LogP contribution in [0.5, 0.6) is 5.75 Å². The average molecular weight is 461 g/mol. The van der Waals surface area contributed by atoms with Crippen LogP contribution in [-0.4, -0.2) is 82.8 Å². The van der Waals surface area contributed by atoms with Gasteiger partial charge in [0.15, 0.2) is 5.96 Å². The van der Waals surface area contributed by atoms with Gasteiger partial charge in [-0.2, -0.15) is 0 Å². The van der Waals surface area contributed by atoms with Crippen molar-refractivity contribution in [2.24, 2.45) is 4.99 Å². The smallest absolute Gasteiger partial charge is 0.193 e. The fraction of sp³-hybridized carbons (Fsp3) is 0.611. The van der Waals surface area contributed by atoms with Gasteiger partial charge in [-0.25, -0.2) is 0 Å². The second kappa shape index (κ2) is 11.4. The summed E-state index contributed by atoms with van der Waals surface area (Å²) in [7, 11) is 5.71. The van der Waals surface area contributed by atoms with Gasteiger partial charge in [0, 0.05) is 58.1 Å². The van der Waals surface area contributed by atoms with Crippen LogP contribution in [0.1, 0.15) is 6.92 Å². The number of methoxy groups -OCH3 is 1. The van der Waals surface area contributed by atoms with Crippen LogP contribution in [-0.2, 0) is 0 Å². The molecule has 1 heterocycles. The third-order valence-corrected chi connectivity index (χ3v) is 4.53. The van der Waals surface area contributed by atoms with Gasteiger partial charge in [-0.3, -0.25) is 4.99 Å². The van der Waals surface area contributed by atoms with Crippen LogP contribution in [0.15, 0.2) is 29.3 Å². The minimum absolute atomic E-state index is 0. The molecule has 0 bridgehead atoms. The molecule has 7 heteroatoms. The Labute approximate surface area is 169 Å². The fourth-order valence-electron chi connectivity index (χ4n) is 2.83. The summed E-state index contributed by atoms with van der Waals surface area (Å²) in [5, 5.41) is 3.47. The molecule has 1 fully saturated rings. The summed E-state index contributed by atoms with van der Waals surface area (Å²) in [5.74, 6) is 1.91. The highest BCUT2D eigenvalue weighted by molar-refractivity contribution is 14.0. The van der Waals surface area contributed by atoms with E-state index in [4.69, 9.17) is 4.74 Å². The van der Waals surface area contributed by atoms with E-state index in [1.807, 2.05) is 19.2 Å². The maximum Gasteiger partial charge on any atom is 0.193 e. The van der Waals surface area contributed by atoms with Crippen molar-refractivity contribution in [2.45, 2.75) is 6.92 Å². The predicted molar refractivity (Wildman–Crippen MR) is 117 cm³/mol. The molecular formula is C18H32IN5O. The lowest BCUT2D eigenvalue weighted by Gasteiger charge is -2.37. The summed E-state index contributed by atoms with van der Waals surface area (Å²) in [6.45, 7) is 9.12. The zero-order valence-corrected chi connectivity index (χ0v) is 18.2. The molecular weight excluding hydrogens is 429 g/mol. The Morgan fingerprint density at radius 1 is 1.28 bits per heavy atom. The summed E-state index contributed by atoms with van der Waals surface area (Å²) in [6, 6.07) is 8.28. The largest absolute Gasteiger partial charge is 0.497 e. The van der Waals surface area contributed by atoms with Crippen LogP contribution in [0.4, 0.5) is 5.69 Å². The van der Waals surface area contributed by atoms with Crippen molar-refractivity contribution in [3.63, 3.8) is 0 Å². The number of nitrogens with one attached hydrogen (secondary N) is 1. The average Bonchev–Trinajstić information content (AvgIpc) is 2.65. The summed E-state index contributed by atoms with van der Waals surface area (Å²) in [6.07, 6.45) is 0. The van der Waals surface area contributed by atoms with Crippen molar-refractivity contribution in [3.05, 3.63) is 24.3 Å². The fourth-order valence-corrected chi connectivity index (χ4v) is 2.83. The molecule has 0 aliphatic carbocycles. The van der Waals surface area contributed by atoms with Crippen LogP contribution >= 0.6 is 24.0 Å². The molecule has 142 valence electrons. The molecule has 0 aromatic heterocycles. The molecule has 0 unspecified atom stereocenters. The maximum absolute atomic E-state index is 5.33. The van der Waals surface area contributed by atoms with Gasteiger partial charge in [-0.05, 0) is 25.7 Å². The second-order valence-electron chi connectivity index (χ2n) is 6.05. The molecule has 2 rings (SSSR count). The third kappa shape index (κ3) is 6.54. The molecule has 1 aromatic rings. The van der Waals surface area contributed by atoms with Crippen molar-refractivity contribution in [2.75, 3.05) is 71.9 Å². The number of halogens is 1. The number of hydrogen-bond donors (Lipinski definition) is 1. The Hall–Kier alpha value is -1.22. The number of anilines is 1. The first-order valence-corrected chi connectivity index (χ1v) is 8.71. The Kier molecular flexibility index (Phi) is 9.96. The van der Waals surface area contributed by atoms with Gasteiger partial charge in [0.1, 0.15) is 5.75 Å². The number of guanidine groups is 1. The summed E-state index contributed by atoms with van der Waals surface area (Å²) >= 11 is 0. The van der Waals surface area contributed by atoms with Gasteiger partial charge in [-0.15, -0.1) is 24.0 Å². The first-order valence-electron chi connectivity index (χ1n) is 8.71. The minimum Gasteiger partial charge on any atom is -0.497 e. The van der Waals surface area contributed by atoms with E-state index in [-0.39, 0.29) is 24.0 Å². The van der Waals surface area contributed by atoms with E-state index in [2.05, 4.69) is 51.1 Å². The molecule has 1 N–H and O–H groups in total. The lowest BCUT2D eigenvalue weighted by Crippen LogP contribution is -2.53. The van der Waals surface area contributed by atoms with Crippen molar-refractivity contribution < 1.29 is 4.74 Å². The number of nitrogens with zero attached hydrogens (tertiary/aromatic N) is 4. The van der Waals surface area contributed by atoms with Gasteiger partial charge in [0.2, 0.25) is 0 Å². The number of likely N-dealkylation sites (N-methyl/N-ethyl adjacent to an activating group) is 1. The normalized spacial score (nSPS) is 15.2. The standard InChI is InChI=1S/C18H31N5O.HI/c1-5-21(3)10-9-20-18(19-2)23-13-11-22(12-14-23)16-7-6-8-17(15-16)24-4;/h6-8,15H,5,9-14H2,1-4H3,(H,19,20);1H. The Morgan fingerprint density at radius 3 is 2.60 bits per heavy atom. The van der Waals surface area contributed by atoms with Crippen LogP contribution in [0.2, 0.25) is 0 Å². The lowest BCUT2D eigenvalue weighted by molar-refractivity contribution is 0.344. The highest BCUT2D eigenvalue weighted by Gasteiger charge is 2.20. The molecule has 1 aliphatic heterocycles. The van der Waals surface area contributed by atoms with Gasteiger partial charge in [0.05, 0.1) is 7.11 Å². The van der Waals surface area contributed by atoms with Gasteiger partial charge in [0.25, 0.3) is 0 Å². The van der Waals surface area contributed by atoms with Gasteiger partial charge >= 0.3 is 0 Å². The summed E-state index contributed by atoms with van der Waals surface area (Å²) in [5.41, 5.74) is 1.22. The molecule has 0 radical (unpaired) electrons. The number of benzene rings is 1. The topological polar surface area (TPSA) is 43.3 Å². The van der Waals surface area contributed by atoms with E-state index in [0.717, 1.165) is 57.5 Å². The monoisotopic (exact) mass is 461 g/mol. The minimum atomic E-state index is 0. The number of piperazine rings is 1. The number of rotatable bonds is 6. The van der Waals surface area contributed by atoms with Gasteiger partial charge < -0.3 is 24.8 Å². The highest BCUT2D eigenvalue weighted by Crippen LogP contribution is 2.22. The van der Waals surface area contributed by atoms with Gasteiger partial charge in [-0.1, -0.05) is 13.0 Å². The molecule has 0 saturated carbocycles. The molecule has 0 atom stereocenters. The Balaban J connectivity index is 0.00000312. The Bertz CT molecular complexity index is 532. The Morgan fingerprint density at radius 2 is 2.00 bits per heavy atom. The molecule has 6 nitrogen and oxygen atoms in total. The number of aliphatic imine (C=N–C) groups is 1. The lowest BCUT2D eigenvalue weighted by atomic mass is 10.2. The van der Waals surface area contributed by atoms with E-state index >= 15 is 0 Å². The van der Waals surface area contributed by atoms with E-state index < -0.39 is 0 Å². The molecule has 0 amide bonds. The summed E-state index contributed by atoms with van der Waals surface area (Å²) < 4.78 is 5.33. The third-order valence-electron chi connectivity index (χ3n) is 4.53. The second-order valence-corrected chi connectivity index (χ2v) is 6.05. The number of hydrogen-bond acceptors (Lipinski definition) is 4. The van der Waals surface area contributed by atoms with Crippen molar-refractivity contribution >= 4 is 35.6 Å². The maximum atomic E-state index is 5.33. The van der Waals surface area contributed by atoms with Crippen molar-refractivity contribution in [1.29, 1.82) is 0 Å². The van der Waals surface area contributed by atoms with Crippen molar-refractivity contribution in [1.82, 2.24) is 15.1 Å². The highest BCUT2D eigenvalue weighted by atomic mass is 127. The van der Waals surface area contributed by atoms with Crippen LogP contribution < -0.4 is 15.0 Å². The zero-order valence-electron chi connectivity index (χ0n) is 15.9. The van der Waals surface area contributed by atoms with E-state index in [0.29, 0.717) is 0 Å². The molecule has 1 aliphatic rings. The summed E-state index contributed by atoms with van der Waals surface area (Å²) in [4.78, 5) is 11.5. The van der Waals surface area contributed by atoms with Crippen LogP contribution in [0, 0.1) is 0 Å². The number of ether oxygens (including phenoxy) is 1. The SMILES string of the molecule is CCN(C)CCNC(=NC)N1CCN(c2cccc(OC)c2)CC1.I. The van der Waals surface area contributed by atoms with Crippen molar-refractivity contribution in [3.8, 4) is 5.75 Å². The first kappa shape index (κ1) is 21.8.